The zero-order chi connectivity index (χ0) is 22.3. The van der Waals surface area contributed by atoms with Gasteiger partial charge in [-0.05, 0) is 54.8 Å². The van der Waals surface area contributed by atoms with Crippen molar-refractivity contribution in [1.82, 2.24) is 20.4 Å². The number of hydrogen-bond donors (Lipinski definition) is 2. The Morgan fingerprint density at radius 2 is 1.66 bits per heavy atom. The van der Waals surface area contributed by atoms with Crippen LogP contribution in [0.2, 0.25) is 0 Å². The zero-order valence-corrected chi connectivity index (χ0v) is 19.0. The highest BCUT2D eigenvalue weighted by molar-refractivity contribution is 7.08. The van der Waals surface area contributed by atoms with E-state index < -0.39 is 0 Å². The Morgan fingerprint density at radius 3 is 2.31 bits per heavy atom. The fourth-order valence-corrected chi connectivity index (χ4v) is 4.86. The van der Waals surface area contributed by atoms with Gasteiger partial charge in [0.25, 0.3) is 11.8 Å². The molecular weight excluding hydrogens is 424 g/mol. The Morgan fingerprint density at radius 1 is 0.938 bits per heavy atom. The lowest BCUT2D eigenvalue weighted by Crippen LogP contribution is -2.47. The van der Waals surface area contributed by atoms with Gasteiger partial charge in [-0.1, -0.05) is 12.1 Å². The molecule has 2 aliphatic rings. The molecule has 2 aromatic rings. The highest BCUT2D eigenvalue weighted by Crippen LogP contribution is 2.14. The van der Waals surface area contributed by atoms with E-state index in [0.29, 0.717) is 24.2 Å². The maximum atomic E-state index is 12.4. The summed E-state index contributed by atoms with van der Waals surface area (Å²) < 4.78 is 0. The van der Waals surface area contributed by atoms with Gasteiger partial charge in [-0.3, -0.25) is 19.3 Å². The van der Waals surface area contributed by atoms with Gasteiger partial charge in [0.05, 0.1) is 6.54 Å². The molecule has 0 radical (unpaired) electrons. The number of hydrogen-bond acceptors (Lipinski definition) is 5. The summed E-state index contributed by atoms with van der Waals surface area (Å²) >= 11 is 1.52. The van der Waals surface area contributed by atoms with E-state index in [2.05, 4.69) is 15.5 Å². The second kappa shape index (κ2) is 10.7. The van der Waals surface area contributed by atoms with E-state index in [1.165, 1.54) is 11.3 Å². The number of carbonyl (C=O) groups excluding carboxylic acids is 3. The van der Waals surface area contributed by atoms with Gasteiger partial charge >= 0.3 is 0 Å². The third kappa shape index (κ3) is 5.95. The van der Waals surface area contributed by atoms with E-state index >= 15 is 0 Å². The molecule has 1 aromatic heterocycles. The van der Waals surface area contributed by atoms with Crippen molar-refractivity contribution in [3.63, 3.8) is 0 Å². The number of nitrogens with zero attached hydrogens (tertiary/aromatic N) is 2. The Kier molecular flexibility index (Phi) is 7.55. The van der Waals surface area contributed by atoms with Crippen LogP contribution in [0.1, 0.15) is 52.0 Å². The number of rotatable bonds is 7. The lowest BCUT2D eigenvalue weighted by Gasteiger charge is -2.31. The monoisotopic (exact) mass is 454 g/mol. The Bertz CT molecular complexity index is 915. The van der Waals surface area contributed by atoms with E-state index in [1.807, 2.05) is 46.0 Å². The molecule has 4 rings (SSSR count). The van der Waals surface area contributed by atoms with Crippen LogP contribution < -0.4 is 10.6 Å². The molecule has 3 amide bonds. The second-order valence-corrected chi connectivity index (χ2v) is 9.29. The largest absolute Gasteiger partial charge is 0.351 e. The molecule has 0 atom stereocenters. The highest BCUT2D eigenvalue weighted by atomic mass is 32.1. The van der Waals surface area contributed by atoms with Crippen LogP contribution in [0, 0.1) is 0 Å². The molecule has 0 aliphatic carbocycles. The summed E-state index contributed by atoms with van der Waals surface area (Å²) in [5, 5.41) is 9.81. The molecule has 8 heteroatoms. The maximum Gasteiger partial charge on any atom is 0.253 e. The van der Waals surface area contributed by atoms with Crippen LogP contribution >= 0.6 is 11.3 Å². The summed E-state index contributed by atoms with van der Waals surface area (Å²) in [4.78, 5) is 41.0. The van der Waals surface area contributed by atoms with Gasteiger partial charge in [0, 0.05) is 55.3 Å². The van der Waals surface area contributed by atoms with Crippen molar-refractivity contribution >= 4 is 29.1 Å². The quantitative estimate of drug-likeness (QED) is 0.674. The molecule has 1 aromatic carbocycles. The Labute approximate surface area is 192 Å². The molecule has 32 heavy (non-hydrogen) atoms. The lowest BCUT2D eigenvalue weighted by atomic mass is 10.0. The summed E-state index contributed by atoms with van der Waals surface area (Å²) in [5.41, 5.74) is 2.40. The van der Waals surface area contributed by atoms with E-state index in [9.17, 15) is 14.4 Å². The van der Waals surface area contributed by atoms with Crippen LogP contribution in [0.4, 0.5) is 0 Å². The van der Waals surface area contributed by atoms with Gasteiger partial charge in [-0.2, -0.15) is 11.3 Å². The van der Waals surface area contributed by atoms with Crippen molar-refractivity contribution in [3.05, 3.63) is 57.8 Å². The smallest absolute Gasteiger partial charge is 0.253 e. The molecule has 0 unspecified atom stereocenters. The van der Waals surface area contributed by atoms with Gasteiger partial charge in [0.2, 0.25) is 5.91 Å². The zero-order valence-electron chi connectivity index (χ0n) is 18.2. The first-order chi connectivity index (χ1) is 15.6. The number of benzene rings is 1. The van der Waals surface area contributed by atoms with Crippen molar-refractivity contribution in [3.8, 4) is 0 Å². The van der Waals surface area contributed by atoms with E-state index in [0.717, 1.165) is 57.4 Å². The number of piperidine rings is 1. The molecule has 2 saturated heterocycles. The molecule has 170 valence electrons. The van der Waals surface area contributed by atoms with Crippen LogP contribution in [0.25, 0.3) is 0 Å². The minimum Gasteiger partial charge on any atom is -0.351 e. The summed E-state index contributed by atoms with van der Waals surface area (Å²) in [6.07, 6.45) is 3.85. The number of nitrogens with one attached hydrogen (secondary N) is 2. The summed E-state index contributed by atoms with van der Waals surface area (Å²) in [5.74, 6) is 0.0616. The van der Waals surface area contributed by atoms with Crippen molar-refractivity contribution < 1.29 is 14.4 Å². The van der Waals surface area contributed by atoms with E-state index in [4.69, 9.17) is 0 Å². The number of likely N-dealkylation sites (tertiary alicyclic amines) is 2. The fraction of sp³-hybridized carbons (Fsp3) is 0.458. The topological polar surface area (TPSA) is 81.8 Å². The molecule has 3 heterocycles. The van der Waals surface area contributed by atoms with Crippen molar-refractivity contribution in [1.29, 1.82) is 0 Å². The van der Waals surface area contributed by atoms with Crippen LogP contribution in [-0.2, 0) is 11.3 Å². The Hall–Kier alpha value is -2.71. The third-order valence-electron chi connectivity index (χ3n) is 6.16. The molecule has 0 bridgehead atoms. The molecule has 2 aliphatic heterocycles. The molecular formula is C24H30N4O3S. The van der Waals surface area contributed by atoms with Crippen molar-refractivity contribution in [2.75, 3.05) is 32.7 Å². The van der Waals surface area contributed by atoms with Crippen LogP contribution in [0.5, 0.6) is 0 Å². The SMILES string of the molecule is O=C(CN1CCC(NC(=O)c2ccsc2)CC1)NCc1ccc(C(=O)N2CCCC2)cc1. The standard InChI is InChI=1S/C24H30N4O3S/c29-22(16-27-12-7-21(8-13-27)26-23(30)20-9-14-32-17-20)25-15-18-3-5-19(6-4-18)24(31)28-10-1-2-11-28/h3-6,9,14,17,21H,1-2,7-8,10-13,15-16H2,(H,25,29)(H,26,30). The highest BCUT2D eigenvalue weighted by Gasteiger charge is 2.23. The first kappa shape index (κ1) is 22.5. The van der Waals surface area contributed by atoms with Crippen LogP contribution in [-0.4, -0.2) is 66.3 Å². The molecule has 0 saturated carbocycles. The van der Waals surface area contributed by atoms with Crippen molar-refractivity contribution in [2.24, 2.45) is 0 Å². The van der Waals surface area contributed by atoms with Gasteiger partial charge in [-0.25, -0.2) is 0 Å². The minimum atomic E-state index is -0.0180. The van der Waals surface area contributed by atoms with E-state index in [1.54, 1.807) is 0 Å². The Balaban J connectivity index is 1.15. The normalized spacial score (nSPS) is 17.3. The summed E-state index contributed by atoms with van der Waals surface area (Å²) in [6.45, 7) is 4.06. The van der Waals surface area contributed by atoms with Gasteiger partial charge < -0.3 is 15.5 Å². The van der Waals surface area contributed by atoms with Gasteiger partial charge in [-0.15, -0.1) is 0 Å². The van der Waals surface area contributed by atoms with Crippen LogP contribution in [0.15, 0.2) is 41.1 Å². The first-order valence-electron chi connectivity index (χ1n) is 11.3. The fourth-order valence-electron chi connectivity index (χ4n) is 4.23. The molecule has 0 spiro atoms. The lowest BCUT2D eigenvalue weighted by molar-refractivity contribution is -0.122. The van der Waals surface area contributed by atoms with Crippen molar-refractivity contribution in [2.45, 2.75) is 38.3 Å². The van der Waals surface area contributed by atoms with Gasteiger partial charge in [0.1, 0.15) is 0 Å². The predicted octanol–water partition coefficient (Wildman–Crippen LogP) is 2.49. The predicted molar refractivity (Wildman–Crippen MR) is 125 cm³/mol. The number of carbonyl (C=O) groups is 3. The van der Waals surface area contributed by atoms with Crippen LogP contribution in [0.3, 0.4) is 0 Å². The third-order valence-corrected chi connectivity index (χ3v) is 6.84. The summed E-state index contributed by atoms with van der Waals surface area (Å²) in [7, 11) is 0. The maximum absolute atomic E-state index is 12.4. The average Bonchev–Trinajstić information content (AvgIpc) is 3.53. The van der Waals surface area contributed by atoms with E-state index in [-0.39, 0.29) is 23.8 Å². The first-order valence-corrected chi connectivity index (χ1v) is 12.2. The number of thiophene rings is 1. The van der Waals surface area contributed by atoms with Gasteiger partial charge in [0.15, 0.2) is 0 Å². The minimum absolute atomic E-state index is 0.0111. The molecule has 2 N–H and O–H groups in total. The summed E-state index contributed by atoms with van der Waals surface area (Å²) in [6, 6.07) is 9.49. The second-order valence-electron chi connectivity index (χ2n) is 8.51. The molecule has 7 nitrogen and oxygen atoms in total. The number of amides is 3. The average molecular weight is 455 g/mol. The molecule has 2 fully saturated rings.